The Kier molecular flexibility index (Phi) is 6.16. The van der Waals surface area contributed by atoms with Crippen molar-refractivity contribution in [1.82, 2.24) is 4.90 Å². The third-order valence-corrected chi connectivity index (χ3v) is 5.09. The molecule has 0 aliphatic carbocycles. The van der Waals surface area contributed by atoms with Gasteiger partial charge in [-0.15, -0.1) is 0 Å². The average molecular weight is 420 g/mol. The Morgan fingerprint density at radius 1 is 1.08 bits per heavy atom. The first-order valence-electron chi connectivity index (χ1n) is 8.35. The van der Waals surface area contributed by atoms with E-state index in [2.05, 4.69) is 21.2 Å². The first kappa shape index (κ1) is 18.0. The molecule has 5 heteroatoms. The molecule has 1 aliphatic rings. The van der Waals surface area contributed by atoms with Crippen LogP contribution in [-0.2, 0) is 4.79 Å². The third kappa shape index (κ3) is 5.35. The molecule has 3 rings (SSSR count). The van der Waals surface area contributed by atoms with E-state index in [1.54, 1.807) is 6.08 Å². The van der Waals surface area contributed by atoms with Crippen molar-refractivity contribution in [3.8, 4) is 0 Å². The van der Waals surface area contributed by atoms with Crippen LogP contribution in [0.15, 0.2) is 59.1 Å². The summed E-state index contributed by atoms with van der Waals surface area (Å²) < 4.78 is 1.03. The predicted octanol–water partition coefficient (Wildman–Crippen LogP) is 5.22. The highest BCUT2D eigenvalue weighted by atomic mass is 79.9. The van der Waals surface area contributed by atoms with E-state index in [1.807, 2.05) is 59.5 Å². The molecule has 0 bridgehead atoms. The lowest BCUT2D eigenvalue weighted by Gasteiger charge is -2.32. The van der Waals surface area contributed by atoms with Gasteiger partial charge in [0.2, 0.25) is 5.91 Å². The van der Waals surface area contributed by atoms with Crippen LogP contribution in [0.4, 0.5) is 5.69 Å². The summed E-state index contributed by atoms with van der Waals surface area (Å²) in [6.45, 7) is 1.55. The van der Waals surface area contributed by atoms with Crippen LogP contribution >= 0.6 is 27.5 Å². The normalized spacial score (nSPS) is 15.5. The van der Waals surface area contributed by atoms with Gasteiger partial charge in [0.15, 0.2) is 0 Å². The number of piperidine rings is 1. The molecule has 0 radical (unpaired) electrons. The number of nitrogens with one attached hydrogen (secondary N) is 1. The number of likely N-dealkylation sites (tertiary alicyclic amines) is 1. The van der Waals surface area contributed by atoms with Crippen molar-refractivity contribution in [1.29, 1.82) is 0 Å². The Morgan fingerprint density at radius 2 is 1.72 bits per heavy atom. The minimum absolute atomic E-state index is 0.0767. The lowest BCUT2D eigenvalue weighted by molar-refractivity contribution is -0.126. The van der Waals surface area contributed by atoms with Crippen molar-refractivity contribution in [2.24, 2.45) is 0 Å². The summed E-state index contributed by atoms with van der Waals surface area (Å²) in [4.78, 5) is 14.2. The molecule has 1 heterocycles. The maximum Gasteiger partial charge on any atom is 0.246 e. The van der Waals surface area contributed by atoms with Gasteiger partial charge in [0.1, 0.15) is 0 Å². The third-order valence-electron chi connectivity index (χ3n) is 4.31. The molecule has 0 unspecified atom stereocenters. The van der Waals surface area contributed by atoms with E-state index in [9.17, 15) is 4.79 Å². The van der Waals surface area contributed by atoms with E-state index < -0.39 is 0 Å². The number of rotatable bonds is 4. The number of anilines is 1. The summed E-state index contributed by atoms with van der Waals surface area (Å²) in [7, 11) is 0. The number of halogens is 2. The summed E-state index contributed by atoms with van der Waals surface area (Å²) in [6, 6.07) is 16.0. The molecule has 2 aromatic rings. The molecule has 0 saturated carbocycles. The fraction of sp³-hybridized carbons (Fsp3) is 0.250. The molecule has 1 saturated heterocycles. The van der Waals surface area contributed by atoms with Gasteiger partial charge in [-0.3, -0.25) is 4.79 Å². The molecule has 1 N–H and O–H groups in total. The van der Waals surface area contributed by atoms with Gasteiger partial charge < -0.3 is 10.2 Å². The van der Waals surface area contributed by atoms with E-state index in [0.29, 0.717) is 6.04 Å². The zero-order chi connectivity index (χ0) is 17.6. The largest absolute Gasteiger partial charge is 0.382 e. The van der Waals surface area contributed by atoms with E-state index in [4.69, 9.17) is 11.6 Å². The summed E-state index contributed by atoms with van der Waals surface area (Å²) >= 11 is 9.32. The van der Waals surface area contributed by atoms with Crippen molar-refractivity contribution in [3.05, 3.63) is 69.7 Å². The van der Waals surface area contributed by atoms with Gasteiger partial charge in [0.05, 0.1) is 0 Å². The van der Waals surface area contributed by atoms with Crippen LogP contribution in [0.1, 0.15) is 18.4 Å². The predicted molar refractivity (Wildman–Crippen MR) is 108 cm³/mol. The number of carbonyl (C=O) groups is 1. The zero-order valence-electron chi connectivity index (χ0n) is 13.8. The molecule has 25 heavy (non-hydrogen) atoms. The topological polar surface area (TPSA) is 32.3 Å². The Balaban J connectivity index is 1.48. The van der Waals surface area contributed by atoms with Crippen LogP contribution in [-0.4, -0.2) is 29.9 Å². The number of carbonyl (C=O) groups excluding carboxylic acids is 1. The minimum atomic E-state index is 0.0767. The van der Waals surface area contributed by atoms with Gasteiger partial charge in [-0.2, -0.15) is 0 Å². The van der Waals surface area contributed by atoms with Crippen molar-refractivity contribution >= 4 is 45.2 Å². The smallest absolute Gasteiger partial charge is 0.246 e. The fourth-order valence-corrected chi connectivity index (χ4v) is 3.26. The van der Waals surface area contributed by atoms with E-state index in [1.165, 1.54) is 0 Å². The highest BCUT2D eigenvalue weighted by molar-refractivity contribution is 9.10. The van der Waals surface area contributed by atoms with E-state index >= 15 is 0 Å². The Morgan fingerprint density at radius 3 is 2.36 bits per heavy atom. The number of nitrogens with zero attached hydrogens (tertiary/aromatic N) is 1. The van der Waals surface area contributed by atoms with Crippen LogP contribution in [0.25, 0.3) is 6.08 Å². The molecule has 130 valence electrons. The summed E-state index contributed by atoms with van der Waals surface area (Å²) in [6.07, 6.45) is 5.42. The molecule has 0 atom stereocenters. The first-order chi connectivity index (χ1) is 12.1. The van der Waals surface area contributed by atoms with Gasteiger partial charge in [-0.05, 0) is 60.9 Å². The van der Waals surface area contributed by atoms with Gasteiger partial charge in [0, 0.05) is 40.4 Å². The minimum Gasteiger partial charge on any atom is -0.382 e. The quantitative estimate of drug-likeness (QED) is 0.689. The highest BCUT2D eigenvalue weighted by Crippen LogP contribution is 2.19. The Bertz CT molecular complexity index is 735. The second-order valence-corrected chi connectivity index (χ2v) is 7.49. The first-order valence-corrected chi connectivity index (χ1v) is 9.52. The molecule has 0 spiro atoms. The van der Waals surface area contributed by atoms with Crippen molar-refractivity contribution in [2.45, 2.75) is 18.9 Å². The monoisotopic (exact) mass is 418 g/mol. The van der Waals surface area contributed by atoms with Gasteiger partial charge in [-0.25, -0.2) is 0 Å². The number of hydrogen-bond acceptors (Lipinski definition) is 2. The van der Waals surface area contributed by atoms with E-state index in [0.717, 1.165) is 46.7 Å². The molecule has 0 aromatic heterocycles. The summed E-state index contributed by atoms with van der Waals surface area (Å²) in [5.74, 6) is 0.0767. The van der Waals surface area contributed by atoms with Crippen LogP contribution in [0.2, 0.25) is 5.02 Å². The SMILES string of the molecule is O=C(/C=C/c1ccc(Br)cc1)N1CCC(Nc2ccc(Cl)cc2)CC1. The Labute approximate surface area is 161 Å². The highest BCUT2D eigenvalue weighted by Gasteiger charge is 2.21. The standard InChI is InChI=1S/C20H20BrClN2O/c21-16-4-1-15(2-5-16)3-10-20(25)24-13-11-19(12-14-24)23-18-8-6-17(22)7-9-18/h1-10,19,23H,11-14H2/b10-3+. The molecule has 1 amide bonds. The van der Waals surface area contributed by atoms with Crippen molar-refractivity contribution < 1.29 is 4.79 Å². The number of hydrogen-bond donors (Lipinski definition) is 1. The maximum absolute atomic E-state index is 12.3. The number of amides is 1. The van der Waals surface area contributed by atoms with Crippen LogP contribution in [0, 0.1) is 0 Å². The van der Waals surface area contributed by atoms with Gasteiger partial charge in [-0.1, -0.05) is 39.7 Å². The molecule has 1 fully saturated rings. The van der Waals surface area contributed by atoms with E-state index in [-0.39, 0.29) is 5.91 Å². The van der Waals surface area contributed by atoms with Crippen molar-refractivity contribution in [3.63, 3.8) is 0 Å². The average Bonchev–Trinajstić information content (AvgIpc) is 2.63. The molecule has 3 nitrogen and oxygen atoms in total. The lowest BCUT2D eigenvalue weighted by atomic mass is 10.0. The molecule has 2 aromatic carbocycles. The second-order valence-electron chi connectivity index (χ2n) is 6.14. The molecule has 1 aliphatic heterocycles. The van der Waals surface area contributed by atoms with Crippen LogP contribution in [0.5, 0.6) is 0 Å². The van der Waals surface area contributed by atoms with Crippen LogP contribution in [0.3, 0.4) is 0 Å². The lowest BCUT2D eigenvalue weighted by Crippen LogP contribution is -2.41. The maximum atomic E-state index is 12.3. The van der Waals surface area contributed by atoms with Gasteiger partial charge in [0.25, 0.3) is 0 Å². The molecular formula is C20H20BrClN2O. The summed E-state index contributed by atoms with van der Waals surface area (Å²) in [5.41, 5.74) is 2.10. The Hall–Kier alpha value is -1.78. The second kappa shape index (κ2) is 8.54. The fourth-order valence-electron chi connectivity index (χ4n) is 2.87. The van der Waals surface area contributed by atoms with Crippen LogP contribution < -0.4 is 5.32 Å². The van der Waals surface area contributed by atoms with Gasteiger partial charge >= 0.3 is 0 Å². The number of benzene rings is 2. The van der Waals surface area contributed by atoms with Crippen molar-refractivity contribution in [2.75, 3.05) is 18.4 Å². The summed E-state index contributed by atoms with van der Waals surface area (Å²) in [5, 5.41) is 4.25. The molecular weight excluding hydrogens is 400 g/mol. The zero-order valence-corrected chi connectivity index (χ0v) is 16.1.